The molecule has 0 aliphatic rings. The van der Waals surface area contributed by atoms with Crippen LogP contribution >= 0.6 is 11.3 Å². The third kappa shape index (κ3) is 3.45. The summed E-state index contributed by atoms with van der Waals surface area (Å²) in [5.74, 6) is 0. The van der Waals surface area contributed by atoms with Crippen LogP contribution in [0, 0.1) is 13.8 Å². The van der Waals surface area contributed by atoms with Crippen LogP contribution in [-0.2, 0) is 6.18 Å². The van der Waals surface area contributed by atoms with Crippen LogP contribution in [0.3, 0.4) is 0 Å². The number of aromatic nitrogens is 1. The fourth-order valence-corrected chi connectivity index (χ4v) is 3.21. The van der Waals surface area contributed by atoms with E-state index in [4.69, 9.17) is 0 Å². The molecule has 0 aliphatic carbocycles. The molecule has 118 valence electrons. The molecule has 0 N–H and O–H groups in total. The summed E-state index contributed by atoms with van der Waals surface area (Å²) >= 11 is 1.53. The molecule has 0 saturated heterocycles. The van der Waals surface area contributed by atoms with Crippen LogP contribution in [0.1, 0.15) is 27.3 Å². The van der Waals surface area contributed by atoms with Crippen molar-refractivity contribution in [3.63, 3.8) is 0 Å². The Morgan fingerprint density at radius 2 is 1.74 bits per heavy atom. The van der Waals surface area contributed by atoms with Gasteiger partial charge in [-0.1, -0.05) is 18.2 Å². The molecule has 0 atom stereocenters. The zero-order valence-corrected chi connectivity index (χ0v) is 13.4. The van der Waals surface area contributed by atoms with Gasteiger partial charge in [0.2, 0.25) is 0 Å². The van der Waals surface area contributed by atoms with E-state index in [2.05, 4.69) is 11.1 Å². The number of rotatable bonds is 2. The van der Waals surface area contributed by atoms with Crippen molar-refractivity contribution in [3.8, 4) is 0 Å². The zero-order chi connectivity index (χ0) is 16.6. The maximum Gasteiger partial charge on any atom is 0.416 e. The van der Waals surface area contributed by atoms with Crippen LogP contribution < -0.4 is 0 Å². The lowest BCUT2D eigenvalue weighted by Gasteiger charge is -2.06. The molecule has 23 heavy (non-hydrogen) atoms. The fraction of sp³-hybridized carbons (Fsp3) is 0.167. The van der Waals surface area contributed by atoms with Gasteiger partial charge in [-0.15, -0.1) is 11.3 Å². The molecule has 5 heteroatoms. The molecule has 1 aromatic heterocycles. The van der Waals surface area contributed by atoms with Crippen LogP contribution in [0.15, 0.2) is 36.4 Å². The number of thiazole rings is 1. The van der Waals surface area contributed by atoms with Gasteiger partial charge < -0.3 is 0 Å². The number of hydrogen-bond acceptors (Lipinski definition) is 2. The lowest BCUT2D eigenvalue weighted by Crippen LogP contribution is -2.04. The van der Waals surface area contributed by atoms with E-state index in [0.29, 0.717) is 5.56 Å². The van der Waals surface area contributed by atoms with Crippen molar-refractivity contribution in [3.05, 3.63) is 63.7 Å². The molecule has 0 bridgehead atoms. The van der Waals surface area contributed by atoms with Gasteiger partial charge in [-0.25, -0.2) is 4.98 Å². The SMILES string of the molecule is Cc1cc2nc(C=Cc3cccc(C(F)(F)F)c3)sc2cc1C. The number of nitrogens with zero attached hydrogens (tertiary/aromatic N) is 1. The van der Waals surface area contributed by atoms with Gasteiger partial charge >= 0.3 is 6.18 Å². The second-order valence-corrected chi connectivity index (χ2v) is 6.48. The first kappa shape index (κ1) is 15.7. The first-order valence-electron chi connectivity index (χ1n) is 7.06. The fourth-order valence-electron chi connectivity index (χ4n) is 2.26. The molecular weight excluding hydrogens is 319 g/mol. The van der Waals surface area contributed by atoms with E-state index >= 15 is 0 Å². The summed E-state index contributed by atoms with van der Waals surface area (Å²) in [7, 11) is 0. The Bertz CT molecular complexity index is 852. The molecule has 2 aromatic carbocycles. The molecule has 1 nitrogen and oxygen atoms in total. The minimum atomic E-state index is -4.32. The van der Waals surface area contributed by atoms with E-state index < -0.39 is 11.7 Å². The number of halogens is 3. The zero-order valence-electron chi connectivity index (χ0n) is 12.6. The van der Waals surface area contributed by atoms with Crippen molar-refractivity contribution in [2.75, 3.05) is 0 Å². The summed E-state index contributed by atoms with van der Waals surface area (Å²) in [4.78, 5) is 4.51. The van der Waals surface area contributed by atoms with Crippen LogP contribution in [0.25, 0.3) is 22.4 Å². The Labute approximate surface area is 136 Å². The van der Waals surface area contributed by atoms with Crippen molar-refractivity contribution in [1.29, 1.82) is 0 Å². The molecule has 3 aromatic rings. The van der Waals surface area contributed by atoms with Gasteiger partial charge in [-0.05, 0) is 60.9 Å². The average Bonchev–Trinajstić information content (AvgIpc) is 2.87. The van der Waals surface area contributed by atoms with Gasteiger partial charge in [-0.3, -0.25) is 0 Å². The lowest BCUT2D eigenvalue weighted by atomic mass is 10.1. The third-order valence-corrected chi connectivity index (χ3v) is 4.64. The Morgan fingerprint density at radius 3 is 2.48 bits per heavy atom. The van der Waals surface area contributed by atoms with Crippen LogP contribution in [0.5, 0.6) is 0 Å². The summed E-state index contributed by atoms with van der Waals surface area (Å²) in [6.45, 7) is 4.08. The molecule has 0 saturated carbocycles. The smallest absolute Gasteiger partial charge is 0.237 e. The first-order chi connectivity index (χ1) is 10.8. The van der Waals surface area contributed by atoms with E-state index in [0.717, 1.165) is 27.4 Å². The van der Waals surface area contributed by atoms with Gasteiger partial charge in [0.1, 0.15) is 5.01 Å². The summed E-state index contributed by atoms with van der Waals surface area (Å²) in [6.07, 6.45) is -0.910. The van der Waals surface area contributed by atoms with Crippen molar-refractivity contribution in [2.24, 2.45) is 0 Å². The minimum Gasteiger partial charge on any atom is -0.237 e. The van der Waals surface area contributed by atoms with Gasteiger partial charge in [0.25, 0.3) is 0 Å². The highest BCUT2D eigenvalue weighted by Crippen LogP contribution is 2.30. The predicted octanol–water partition coefficient (Wildman–Crippen LogP) is 6.10. The average molecular weight is 333 g/mol. The summed E-state index contributed by atoms with van der Waals surface area (Å²) in [5.41, 5.74) is 3.16. The summed E-state index contributed by atoms with van der Waals surface area (Å²) < 4.78 is 39.2. The first-order valence-corrected chi connectivity index (χ1v) is 7.88. The summed E-state index contributed by atoms with van der Waals surface area (Å²) in [5, 5.41) is 0.780. The van der Waals surface area contributed by atoms with Crippen molar-refractivity contribution < 1.29 is 13.2 Å². The predicted molar refractivity (Wildman–Crippen MR) is 89.5 cm³/mol. The monoisotopic (exact) mass is 333 g/mol. The second-order valence-electron chi connectivity index (χ2n) is 5.41. The van der Waals surface area contributed by atoms with Crippen LogP contribution in [0.2, 0.25) is 0 Å². The number of benzene rings is 2. The van der Waals surface area contributed by atoms with Crippen molar-refractivity contribution in [2.45, 2.75) is 20.0 Å². The molecule has 0 radical (unpaired) electrons. The van der Waals surface area contributed by atoms with Crippen LogP contribution in [0.4, 0.5) is 13.2 Å². The quantitative estimate of drug-likeness (QED) is 0.552. The molecule has 0 unspecified atom stereocenters. The standard InChI is InChI=1S/C18H14F3NS/c1-11-8-15-16(9-12(11)2)23-17(22-15)7-6-13-4-3-5-14(10-13)18(19,20)21/h3-10H,1-2H3. The molecular formula is C18H14F3NS. The second kappa shape index (κ2) is 5.81. The summed E-state index contributed by atoms with van der Waals surface area (Å²) in [6, 6.07) is 9.38. The minimum absolute atomic E-state index is 0.506. The maximum atomic E-state index is 12.7. The number of alkyl halides is 3. The topological polar surface area (TPSA) is 12.9 Å². The van der Waals surface area contributed by atoms with Gasteiger partial charge in [0, 0.05) is 0 Å². The van der Waals surface area contributed by atoms with Gasteiger partial charge in [-0.2, -0.15) is 13.2 Å². The molecule has 3 rings (SSSR count). The Balaban J connectivity index is 1.91. The number of aryl methyl sites for hydroxylation is 2. The molecule has 1 heterocycles. The molecule has 0 amide bonds. The highest BCUT2D eigenvalue weighted by molar-refractivity contribution is 7.19. The lowest BCUT2D eigenvalue weighted by molar-refractivity contribution is -0.137. The van der Waals surface area contributed by atoms with E-state index in [1.54, 1.807) is 18.2 Å². The van der Waals surface area contributed by atoms with E-state index in [1.165, 1.54) is 28.5 Å². The Kier molecular flexibility index (Phi) is 3.98. The largest absolute Gasteiger partial charge is 0.416 e. The van der Waals surface area contributed by atoms with Gasteiger partial charge in [0.05, 0.1) is 15.8 Å². The number of fused-ring (bicyclic) bond motifs is 1. The number of hydrogen-bond donors (Lipinski definition) is 0. The van der Waals surface area contributed by atoms with E-state index in [9.17, 15) is 13.2 Å². The van der Waals surface area contributed by atoms with E-state index in [1.807, 2.05) is 19.9 Å². The van der Waals surface area contributed by atoms with Crippen LogP contribution in [-0.4, -0.2) is 4.98 Å². The molecule has 0 fully saturated rings. The normalized spacial score (nSPS) is 12.4. The molecule has 0 spiro atoms. The van der Waals surface area contributed by atoms with Crippen molar-refractivity contribution >= 4 is 33.7 Å². The van der Waals surface area contributed by atoms with Crippen molar-refractivity contribution in [1.82, 2.24) is 4.98 Å². The van der Waals surface area contributed by atoms with Gasteiger partial charge in [0.15, 0.2) is 0 Å². The highest BCUT2D eigenvalue weighted by atomic mass is 32.1. The Morgan fingerprint density at radius 1 is 1.00 bits per heavy atom. The Hall–Kier alpha value is -2.14. The highest BCUT2D eigenvalue weighted by Gasteiger charge is 2.30. The van der Waals surface area contributed by atoms with E-state index in [-0.39, 0.29) is 0 Å². The third-order valence-electron chi connectivity index (χ3n) is 3.65. The maximum absolute atomic E-state index is 12.7. The molecule has 0 aliphatic heterocycles.